The van der Waals surface area contributed by atoms with E-state index in [1.165, 1.54) is 25.6 Å². The number of fused-ring (bicyclic) bond motifs is 1. The molecule has 1 amide bonds. The summed E-state index contributed by atoms with van der Waals surface area (Å²) in [5.41, 5.74) is 4.86. The van der Waals surface area contributed by atoms with E-state index < -0.39 is 37.3 Å². The minimum atomic E-state index is -4.50. The number of pyridine rings is 1. The van der Waals surface area contributed by atoms with E-state index in [2.05, 4.69) is 20.4 Å². The molecule has 36 heavy (non-hydrogen) atoms. The second kappa shape index (κ2) is 11.3. The first-order valence-electron chi connectivity index (χ1n) is 11.0. The lowest BCUT2D eigenvalue weighted by Crippen LogP contribution is -2.42. The largest absolute Gasteiger partial charge is 0.493 e. The number of halogens is 3. The molecular formula is C24H23F3N4O5. The third-order valence-corrected chi connectivity index (χ3v) is 5.47. The molecule has 0 saturated carbocycles. The van der Waals surface area contributed by atoms with Crippen LogP contribution >= 0.6 is 0 Å². The topological polar surface area (TPSA) is 105 Å². The molecule has 12 heteroatoms. The number of alkyl halides is 3. The maximum Gasteiger partial charge on any atom is 0.411 e. The van der Waals surface area contributed by atoms with Crippen molar-refractivity contribution in [2.75, 3.05) is 26.9 Å². The molecule has 0 bridgehead atoms. The predicted molar refractivity (Wildman–Crippen MR) is 120 cm³/mol. The van der Waals surface area contributed by atoms with E-state index >= 15 is 0 Å². The van der Waals surface area contributed by atoms with Gasteiger partial charge < -0.3 is 14.2 Å². The number of nitrogens with one attached hydrogen (secondary N) is 1. The van der Waals surface area contributed by atoms with Crippen LogP contribution in [0.5, 0.6) is 11.8 Å². The van der Waals surface area contributed by atoms with Gasteiger partial charge in [0, 0.05) is 41.8 Å². The Morgan fingerprint density at radius 1 is 1.19 bits per heavy atom. The van der Waals surface area contributed by atoms with Gasteiger partial charge in [-0.25, -0.2) is 15.4 Å². The highest BCUT2D eigenvalue weighted by atomic mass is 19.4. The van der Waals surface area contributed by atoms with Gasteiger partial charge in [-0.15, -0.1) is 0 Å². The van der Waals surface area contributed by atoms with Gasteiger partial charge in [0.15, 0.2) is 0 Å². The molecule has 3 heterocycles. The van der Waals surface area contributed by atoms with Crippen LogP contribution in [-0.4, -0.2) is 60.1 Å². The zero-order valence-electron chi connectivity index (χ0n) is 19.2. The van der Waals surface area contributed by atoms with Crippen molar-refractivity contribution in [2.45, 2.75) is 18.7 Å². The summed E-state index contributed by atoms with van der Waals surface area (Å²) in [4.78, 5) is 30.1. The Morgan fingerprint density at radius 3 is 2.69 bits per heavy atom. The lowest BCUT2D eigenvalue weighted by atomic mass is 9.88. The third-order valence-electron chi connectivity index (χ3n) is 5.47. The number of carbonyl (C=O) groups excluding carboxylic acids is 1. The molecule has 1 aliphatic heterocycles. The SMILES string of the molecule is COc1ncc(-c2cccc3c2C[C@H](C(COCC(F)(F)F)ONC(=O)c2cccnc2)CO3)cn1. The van der Waals surface area contributed by atoms with Crippen molar-refractivity contribution < 1.29 is 37.0 Å². The minimum absolute atomic E-state index is 0.151. The minimum Gasteiger partial charge on any atom is -0.493 e. The summed E-state index contributed by atoms with van der Waals surface area (Å²) in [5.74, 6) is -0.383. The fourth-order valence-corrected chi connectivity index (χ4v) is 3.74. The Hall–Kier alpha value is -3.77. The van der Waals surface area contributed by atoms with Crippen molar-refractivity contribution >= 4 is 5.91 Å². The average molecular weight is 504 g/mol. The van der Waals surface area contributed by atoms with E-state index in [0.717, 1.165) is 11.1 Å². The van der Waals surface area contributed by atoms with Crippen molar-refractivity contribution in [1.82, 2.24) is 20.4 Å². The second-order valence-electron chi connectivity index (χ2n) is 7.98. The number of hydrogen-bond donors (Lipinski definition) is 1. The molecule has 2 atom stereocenters. The molecule has 2 aromatic heterocycles. The first kappa shape index (κ1) is 25.3. The highest BCUT2D eigenvalue weighted by Gasteiger charge is 2.33. The van der Waals surface area contributed by atoms with E-state index in [1.807, 2.05) is 12.1 Å². The van der Waals surface area contributed by atoms with Crippen LogP contribution in [0.3, 0.4) is 0 Å². The lowest BCUT2D eigenvalue weighted by molar-refractivity contribution is -0.187. The van der Waals surface area contributed by atoms with Crippen LogP contribution in [0.15, 0.2) is 55.1 Å². The zero-order valence-corrected chi connectivity index (χ0v) is 19.2. The van der Waals surface area contributed by atoms with Gasteiger partial charge in [0.05, 0.1) is 25.9 Å². The average Bonchev–Trinajstić information content (AvgIpc) is 2.89. The summed E-state index contributed by atoms with van der Waals surface area (Å²) in [6.45, 7) is -1.70. The quantitative estimate of drug-likeness (QED) is 0.442. The van der Waals surface area contributed by atoms with E-state index in [-0.39, 0.29) is 18.2 Å². The Morgan fingerprint density at radius 2 is 2.00 bits per heavy atom. The van der Waals surface area contributed by atoms with Gasteiger partial charge in [0.1, 0.15) is 18.5 Å². The third kappa shape index (κ3) is 6.46. The normalized spacial score (nSPS) is 15.9. The summed E-state index contributed by atoms with van der Waals surface area (Å²) in [6, 6.07) is 8.83. The molecule has 0 spiro atoms. The molecular weight excluding hydrogens is 481 g/mol. The first-order chi connectivity index (χ1) is 17.3. The fraction of sp³-hybridized carbons (Fsp3) is 0.333. The molecule has 3 aromatic rings. The molecule has 1 N–H and O–H groups in total. The first-order valence-corrected chi connectivity index (χ1v) is 11.0. The van der Waals surface area contributed by atoms with Crippen LogP contribution in [0.25, 0.3) is 11.1 Å². The van der Waals surface area contributed by atoms with E-state index in [4.69, 9.17) is 19.0 Å². The standard InChI is InChI=1S/C24H23F3N4O5/c1-33-23-29-10-17(11-30-23)18-5-2-6-20-19(18)8-16(12-35-20)21(13-34-14-24(25,26)27)36-31-22(32)15-4-3-7-28-9-15/h2-7,9-11,16,21H,8,12-14H2,1H3,(H,31,32)/t16-,21?/m0/s1. The van der Waals surface area contributed by atoms with Crippen LogP contribution in [0.2, 0.25) is 0 Å². The summed E-state index contributed by atoms with van der Waals surface area (Å²) >= 11 is 0. The van der Waals surface area contributed by atoms with Crippen LogP contribution in [0, 0.1) is 5.92 Å². The number of hydrogen-bond acceptors (Lipinski definition) is 8. The number of hydroxylamine groups is 1. The number of rotatable bonds is 9. The Labute approximate surface area is 204 Å². The van der Waals surface area contributed by atoms with Gasteiger partial charge in [-0.1, -0.05) is 12.1 Å². The summed E-state index contributed by atoms with van der Waals surface area (Å²) in [5, 5.41) is 0. The number of nitrogens with zero attached hydrogens (tertiary/aromatic N) is 3. The number of amides is 1. The van der Waals surface area contributed by atoms with Gasteiger partial charge in [-0.3, -0.25) is 14.6 Å². The van der Waals surface area contributed by atoms with Gasteiger partial charge in [0.2, 0.25) is 0 Å². The zero-order chi connectivity index (χ0) is 25.5. The Kier molecular flexibility index (Phi) is 7.96. The summed E-state index contributed by atoms with van der Waals surface area (Å²) in [6.07, 6.45) is 1.03. The molecule has 0 radical (unpaired) electrons. The second-order valence-corrected chi connectivity index (χ2v) is 7.98. The van der Waals surface area contributed by atoms with Crippen LogP contribution in [0.4, 0.5) is 13.2 Å². The van der Waals surface area contributed by atoms with Crippen molar-refractivity contribution in [1.29, 1.82) is 0 Å². The maximum atomic E-state index is 12.7. The van der Waals surface area contributed by atoms with E-state index in [0.29, 0.717) is 17.7 Å². The van der Waals surface area contributed by atoms with Crippen molar-refractivity contribution in [3.8, 4) is 22.9 Å². The smallest absolute Gasteiger partial charge is 0.411 e. The summed E-state index contributed by atoms with van der Waals surface area (Å²) < 4.78 is 53.9. The molecule has 190 valence electrons. The molecule has 9 nitrogen and oxygen atoms in total. The molecule has 1 unspecified atom stereocenters. The molecule has 0 aliphatic carbocycles. The number of carbonyl (C=O) groups is 1. The van der Waals surface area contributed by atoms with Gasteiger partial charge >= 0.3 is 12.2 Å². The predicted octanol–water partition coefficient (Wildman–Crippen LogP) is 3.41. The van der Waals surface area contributed by atoms with E-state index in [1.54, 1.807) is 24.5 Å². The highest BCUT2D eigenvalue weighted by Crippen LogP contribution is 2.37. The fourth-order valence-electron chi connectivity index (χ4n) is 3.74. The van der Waals surface area contributed by atoms with Gasteiger partial charge in [-0.05, 0) is 30.2 Å². The van der Waals surface area contributed by atoms with E-state index in [9.17, 15) is 18.0 Å². The van der Waals surface area contributed by atoms with Crippen molar-refractivity contribution in [2.24, 2.45) is 5.92 Å². The molecule has 1 aliphatic rings. The van der Waals surface area contributed by atoms with Crippen LogP contribution < -0.4 is 15.0 Å². The molecule has 0 saturated heterocycles. The van der Waals surface area contributed by atoms with Crippen molar-refractivity contribution in [3.63, 3.8) is 0 Å². The summed E-state index contributed by atoms with van der Waals surface area (Å²) in [7, 11) is 1.46. The number of ether oxygens (including phenoxy) is 3. The van der Waals surface area contributed by atoms with Crippen molar-refractivity contribution in [3.05, 3.63) is 66.2 Å². The number of methoxy groups -OCH3 is 1. The van der Waals surface area contributed by atoms with Crippen LogP contribution in [-0.2, 0) is 16.0 Å². The maximum absolute atomic E-state index is 12.7. The molecule has 4 rings (SSSR count). The number of aromatic nitrogens is 3. The van der Waals surface area contributed by atoms with Crippen LogP contribution in [0.1, 0.15) is 15.9 Å². The monoisotopic (exact) mass is 504 g/mol. The number of benzene rings is 1. The molecule has 0 fully saturated rings. The Balaban J connectivity index is 1.52. The Bertz CT molecular complexity index is 1160. The molecule has 1 aromatic carbocycles. The lowest BCUT2D eigenvalue weighted by Gasteiger charge is -2.32. The van der Waals surface area contributed by atoms with Gasteiger partial charge in [0.25, 0.3) is 5.91 Å². The highest BCUT2D eigenvalue weighted by molar-refractivity contribution is 5.93. The van der Waals surface area contributed by atoms with Gasteiger partial charge in [-0.2, -0.15) is 13.2 Å².